The molecule has 1 aromatic heterocycles. The number of hydrogen-bond acceptors (Lipinski definition) is 4. The SMILES string of the molecule is OCc1cn(C2CC3CCC(C2)N3)nn1. The van der Waals surface area contributed by atoms with Gasteiger partial charge < -0.3 is 10.4 Å². The van der Waals surface area contributed by atoms with E-state index in [1.165, 1.54) is 12.8 Å². The summed E-state index contributed by atoms with van der Waals surface area (Å²) in [6, 6.07) is 1.79. The van der Waals surface area contributed by atoms with Crippen molar-refractivity contribution in [1.29, 1.82) is 0 Å². The van der Waals surface area contributed by atoms with Gasteiger partial charge in [-0.15, -0.1) is 5.10 Å². The number of piperidine rings is 1. The fourth-order valence-electron chi connectivity index (χ4n) is 2.81. The molecule has 2 fully saturated rings. The van der Waals surface area contributed by atoms with E-state index in [0.717, 1.165) is 12.8 Å². The molecule has 0 radical (unpaired) electrons. The molecule has 3 rings (SSSR count). The zero-order chi connectivity index (χ0) is 10.3. The monoisotopic (exact) mass is 208 g/mol. The third-order valence-electron chi connectivity index (χ3n) is 3.54. The number of aliphatic hydroxyl groups is 1. The van der Waals surface area contributed by atoms with Crippen molar-refractivity contribution in [2.75, 3.05) is 0 Å². The molecule has 5 nitrogen and oxygen atoms in total. The smallest absolute Gasteiger partial charge is 0.108 e. The number of aliphatic hydroxyl groups excluding tert-OH is 1. The van der Waals surface area contributed by atoms with Gasteiger partial charge in [-0.1, -0.05) is 5.21 Å². The Morgan fingerprint density at radius 3 is 2.73 bits per heavy atom. The average molecular weight is 208 g/mol. The van der Waals surface area contributed by atoms with E-state index >= 15 is 0 Å². The van der Waals surface area contributed by atoms with Gasteiger partial charge >= 0.3 is 0 Å². The van der Waals surface area contributed by atoms with Gasteiger partial charge in [0.15, 0.2) is 0 Å². The molecule has 3 heterocycles. The molecular weight excluding hydrogens is 192 g/mol. The third-order valence-corrected chi connectivity index (χ3v) is 3.54. The Hall–Kier alpha value is -0.940. The third kappa shape index (κ3) is 1.66. The van der Waals surface area contributed by atoms with Crippen LogP contribution in [0.1, 0.15) is 37.4 Å². The van der Waals surface area contributed by atoms with Crippen LogP contribution < -0.4 is 5.32 Å². The molecule has 1 aromatic rings. The fraction of sp³-hybridized carbons (Fsp3) is 0.800. The summed E-state index contributed by atoms with van der Waals surface area (Å²) in [5.74, 6) is 0. The lowest BCUT2D eigenvalue weighted by Gasteiger charge is -2.28. The molecule has 2 aliphatic heterocycles. The molecule has 2 N–H and O–H groups in total. The summed E-state index contributed by atoms with van der Waals surface area (Å²) in [6.07, 6.45) is 6.75. The van der Waals surface area contributed by atoms with Gasteiger partial charge in [0.1, 0.15) is 5.69 Å². The van der Waals surface area contributed by atoms with Gasteiger partial charge in [0.05, 0.1) is 18.8 Å². The Kier molecular flexibility index (Phi) is 2.21. The highest BCUT2D eigenvalue weighted by Gasteiger charge is 2.34. The predicted octanol–water partition coefficient (Wildman–Crippen LogP) is 0.226. The van der Waals surface area contributed by atoms with Crippen LogP contribution >= 0.6 is 0 Å². The highest BCUT2D eigenvalue weighted by atomic mass is 16.3. The first-order chi connectivity index (χ1) is 7.35. The first-order valence-electron chi connectivity index (χ1n) is 5.63. The molecule has 0 spiro atoms. The van der Waals surface area contributed by atoms with Crippen molar-refractivity contribution in [2.45, 2.75) is 50.4 Å². The summed E-state index contributed by atoms with van der Waals surface area (Å²) >= 11 is 0. The Morgan fingerprint density at radius 2 is 2.13 bits per heavy atom. The zero-order valence-electron chi connectivity index (χ0n) is 8.63. The predicted molar refractivity (Wildman–Crippen MR) is 54.2 cm³/mol. The van der Waals surface area contributed by atoms with Crippen LogP contribution in [0, 0.1) is 0 Å². The van der Waals surface area contributed by atoms with Gasteiger partial charge in [0.25, 0.3) is 0 Å². The number of fused-ring (bicyclic) bond motifs is 2. The molecular formula is C10H16N4O. The molecule has 2 unspecified atom stereocenters. The van der Waals surface area contributed by atoms with E-state index in [1.54, 1.807) is 0 Å². The number of nitrogens with one attached hydrogen (secondary N) is 1. The highest BCUT2D eigenvalue weighted by molar-refractivity contribution is 4.97. The van der Waals surface area contributed by atoms with E-state index in [9.17, 15) is 0 Å². The molecule has 0 aliphatic carbocycles. The molecule has 2 atom stereocenters. The minimum absolute atomic E-state index is 0.0160. The summed E-state index contributed by atoms with van der Waals surface area (Å²) in [5.41, 5.74) is 0.667. The Balaban J connectivity index is 1.77. The Morgan fingerprint density at radius 1 is 1.40 bits per heavy atom. The van der Waals surface area contributed by atoms with Crippen molar-refractivity contribution < 1.29 is 5.11 Å². The van der Waals surface area contributed by atoms with Crippen molar-refractivity contribution in [3.8, 4) is 0 Å². The minimum atomic E-state index is -0.0160. The molecule has 15 heavy (non-hydrogen) atoms. The van der Waals surface area contributed by atoms with Crippen molar-refractivity contribution in [2.24, 2.45) is 0 Å². The summed E-state index contributed by atoms with van der Waals surface area (Å²) < 4.78 is 1.93. The Labute approximate surface area is 88.5 Å². The van der Waals surface area contributed by atoms with Crippen molar-refractivity contribution in [1.82, 2.24) is 20.3 Å². The van der Waals surface area contributed by atoms with Gasteiger partial charge in [0.2, 0.25) is 0 Å². The molecule has 5 heteroatoms. The van der Waals surface area contributed by atoms with Gasteiger partial charge in [-0.2, -0.15) is 0 Å². The van der Waals surface area contributed by atoms with Crippen molar-refractivity contribution >= 4 is 0 Å². The second-order valence-electron chi connectivity index (χ2n) is 4.61. The van der Waals surface area contributed by atoms with Gasteiger partial charge in [-0.3, -0.25) is 0 Å². The summed E-state index contributed by atoms with van der Waals surface area (Å²) in [4.78, 5) is 0. The number of hydrogen-bond donors (Lipinski definition) is 2. The van der Waals surface area contributed by atoms with Gasteiger partial charge in [-0.05, 0) is 25.7 Å². The maximum absolute atomic E-state index is 8.94. The van der Waals surface area contributed by atoms with Crippen LogP contribution in [0.2, 0.25) is 0 Å². The second kappa shape index (κ2) is 3.57. The molecule has 2 saturated heterocycles. The van der Waals surface area contributed by atoms with Crippen LogP contribution in [0.5, 0.6) is 0 Å². The van der Waals surface area contributed by atoms with Gasteiger partial charge in [0, 0.05) is 12.1 Å². The van der Waals surface area contributed by atoms with Crippen molar-refractivity contribution in [3.63, 3.8) is 0 Å². The molecule has 2 aliphatic rings. The molecule has 82 valence electrons. The van der Waals surface area contributed by atoms with Crippen LogP contribution in [0.15, 0.2) is 6.20 Å². The first-order valence-corrected chi connectivity index (χ1v) is 5.63. The molecule has 0 saturated carbocycles. The van der Waals surface area contributed by atoms with E-state index in [-0.39, 0.29) is 6.61 Å². The van der Waals surface area contributed by atoms with E-state index in [2.05, 4.69) is 15.6 Å². The quantitative estimate of drug-likeness (QED) is 0.730. The average Bonchev–Trinajstić information content (AvgIpc) is 2.85. The van der Waals surface area contributed by atoms with Crippen molar-refractivity contribution in [3.05, 3.63) is 11.9 Å². The number of rotatable bonds is 2. The minimum Gasteiger partial charge on any atom is -0.390 e. The highest BCUT2D eigenvalue weighted by Crippen LogP contribution is 2.33. The summed E-state index contributed by atoms with van der Waals surface area (Å²) in [6.45, 7) is -0.0160. The van der Waals surface area contributed by atoms with E-state index < -0.39 is 0 Å². The van der Waals surface area contributed by atoms with Crippen LogP contribution in [0.25, 0.3) is 0 Å². The lowest BCUT2D eigenvalue weighted by molar-refractivity contribution is 0.275. The standard InChI is InChI=1S/C10H16N4O/c15-6-9-5-14(13-12-9)10-3-7-1-2-8(4-10)11-7/h5,7-8,10-11,15H,1-4,6H2. The summed E-state index contributed by atoms with van der Waals surface area (Å²) in [5, 5.41) is 20.5. The number of aromatic nitrogens is 3. The van der Waals surface area contributed by atoms with Crippen LogP contribution in [0.3, 0.4) is 0 Å². The van der Waals surface area contributed by atoms with Crippen LogP contribution in [-0.2, 0) is 6.61 Å². The van der Waals surface area contributed by atoms with E-state index in [4.69, 9.17) is 5.11 Å². The first kappa shape index (κ1) is 9.30. The lowest BCUT2D eigenvalue weighted by Crippen LogP contribution is -2.39. The largest absolute Gasteiger partial charge is 0.390 e. The van der Waals surface area contributed by atoms with Gasteiger partial charge in [-0.25, -0.2) is 4.68 Å². The number of nitrogens with zero attached hydrogens (tertiary/aromatic N) is 3. The maximum Gasteiger partial charge on any atom is 0.108 e. The molecule has 0 amide bonds. The van der Waals surface area contributed by atoms with E-state index in [0.29, 0.717) is 23.8 Å². The molecule has 2 bridgehead atoms. The second-order valence-corrected chi connectivity index (χ2v) is 4.61. The topological polar surface area (TPSA) is 63.0 Å². The molecule has 0 aromatic carbocycles. The van der Waals surface area contributed by atoms with E-state index in [1.807, 2.05) is 10.9 Å². The summed E-state index contributed by atoms with van der Waals surface area (Å²) in [7, 11) is 0. The maximum atomic E-state index is 8.94. The lowest BCUT2D eigenvalue weighted by atomic mass is 10.0. The normalized spacial score (nSPS) is 34.6. The zero-order valence-corrected chi connectivity index (χ0v) is 8.63. The van der Waals surface area contributed by atoms with Crippen LogP contribution in [-0.4, -0.2) is 32.2 Å². The van der Waals surface area contributed by atoms with Crippen LogP contribution in [0.4, 0.5) is 0 Å². The Bertz CT molecular complexity index is 339. The fourth-order valence-corrected chi connectivity index (χ4v) is 2.81.